The fraction of sp³-hybridized carbons (Fsp3) is 0. The van der Waals surface area contributed by atoms with Crippen LogP contribution in [0.5, 0.6) is 0 Å². The van der Waals surface area contributed by atoms with Crippen LogP contribution in [0.15, 0.2) is 18.3 Å². The Morgan fingerprint density at radius 3 is 3.18 bits per heavy atom. The first kappa shape index (κ1) is 5.80. The van der Waals surface area contributed by atoms with Gasteiger partial charge in [0.05, 0.1) is 0 Å². The fourth-order valence-corrected chi connectivity index (χ4v) is 0.814. The van der Waals surface area contributed by atoms with Crippen LogP contribution in [0.3, 0.4) is 0 Å². The standard InChI is InChI=1S/C6H3N5/c7-4-6-10-9-5-2-1-3-8-11(5)6/h1-3H. The number of nitrogens with zero attached hydrogens (tertiary/aromatic N) is 5. The molecule has 0 saturated heterocycles. The molecule has 0 N–H and O–H groups in total. The van der Waals surface area contributed by atoms with E-state index in [0.29, 0.717) is 5.65 Å². The van der Waals surface area contributed by atoms with E-state index in [4.69, 9.17) is 5.26 Å². The second-order valence-electron chi connectivity index (χ2n) is 1.93. The first-order chi connectivity index (χ1) is 5.42. The molecule has 0 bridgehead atoms. The smallest absolute Gasteiger partial charge is 0.189 e. The van der Waals surface area contributed by atoms with Crippen LogP contribution < -0.4 is 0 Å². The molecule has 0 radical (unpaired) electrons. The maximum atomic E-state index is 8.51. The van der Waals surface area contributed by atoms with Gasteiger partial charge < -0.3 is 0 Å². The number of fused-ring (bicyclic) bond motifs is 1. The second-order valence-corrected chi connectivity index (χ2v) is 1.93. The van der Waals surface area contributed by atoms with Crippen molar-refractivity contribution in [2.75, 3.05) is 0 Å². The number of hydrogen-bond donors (Lipinski definition) is 0. The van der Waals surface area contributed by atoms with Crippen LogP contribution in [0.25, 0.3) is 5.65 Å². The molecular weight excluding hydrogens is 142 g/mol. The van der Waals surface area contributed by atoms with Gasteiger partial charge in [-0.25, -0.2) is 0 Å². The first-order valence-corrected chi connectivity index (χ1v) is 2.98. The van der Waals surface area contributed by atoms with Gasteiger partial charge >= 0.3 is 0 Å². The molecule has 0 fully saturated rings. The first-order valence-electron chi connectivity index (χ1n) is 2.98. The number of nitriles is 1. The Morgan fingerprint density at radius 2 is 2.36 bits per heavy atom. The topological polar surface area (TPSA) is 66.9 Å². The van der Waals surface area contributed by atoms with Gasteiger partial charge in [0.25, 0.3) is 5.82 Å². The lowest BCUT2D eigenvalue weighted by atomic mass is 10.5. The normalized spacial score (nSPS) is 9.73. The molecule has 5 nitrogen and oxygen atoms in total. The lowest BCUT2D eigenvalue weighted by Gasteiger charge is -1.86. The van der Waals surface area contributed by atoms with Crippen LogP contribution in [-0.4, -0.2) is 19.8 Å². The summed E-state index contributed by atoms with van der Waals surface area (Å²) in [6.45, 7) is 0. The molecule has 0 aromatic carbocycles. The summed E-state index contributed by atoms with van der Waals surface area (Å²) in [5.41, 5.74) is 0.587. The predicted molar refractivity (Wildman–Crippen MR) is 35.5 cm³/mol. The average molecular weight is 145 g/mol. The van der Waals surface area contributed by atoms with Gasteiger partial charge in [-0.15, -0.1) is 10.2 Å². The van der Waals surface area contributed by atoms with Gasteiger partial charge in [-0.2, -0.15) is 14.9 Å². The molecule has 0 aliphatic heterocycles. The van der Waals surface area contributed by atoms with Crippen molar-refractivity contribution >= 4 is 5.65 Å². The summed E-state index contributed by atoms with van der Waals surface area (Å²) in [5.74, 6) is 0.209. The number of hydrogen-bond acceptors (Lipinski definition) is 4. The molecule has 2 aromatic heterocycles. The van der Waals surface area contributed by atoms with Crippen molar-refractivity contribution in [2.24, 2.45) is 0 Å². The summed E-state index contributed by atoms with van der Waals surface area (Å²) < 4.78 is 1.39. The van der Waals surface area contributed by atoms with E-state index in [0.717, 1.165) is 0 Å². The van der Waals surface area contributed by atoms with Gasteiger partial charge in [-0.05, 0) is 12.1 Å². The summed E-state index contributed by atoms with van der Waals surface area (Å²) in [7, 11) is 0. The SMILES string of the molecule is N#Cc1nnc2cccnn12. The molecule has 2 rings (SSSR count). The highest BCUT2D eigenvalue weighted by atomic mass is 15.4. The Hall–Kier alpha value is -1.96. The molecule has 0 spiro atoms. The summed E-state index contributed by atoms with van der Waals surface area (Å²) in [4.78, 5) is 0. The van der Waals surface area contributed by atoms with Gasteiger partial charge in [-0.1, -0.05) is 0 Å². The summed E-state index contributed by atoms with van der Waals surface area (Å²) >= 11 is 0. The van der Waals surface area contributed by atoms with Crippen LogP contribution in [-0.2, 0) is 0 Å². The summed E-state index contributed by atoms with van der Waals surface area (Å²) in [6, 6.07) is 5.35. The molecule has 52 valence electrons. The minimum atomic E-state index is 0.209. The third kappa shape index (κ3) is 0.730. The Kier molecular flexibility index (Phi) is 1.07. The van der Waals surface area contributed by atoms with Crippen molar-refractivity contribution in [1.82, 2.24) is 19.8 Å². The van der Waals surface area contributed by atoms with E-state index in [1.807, 2.05) is 6.07 Å². The molecule has 0 unspecified atom stereocenters. The van der Waals surface area contributed by atoms with Gasteiger partial charge in [-0.3, -0.25) is 0 Å². The van der Waals surface area contributed by atoms with Crippen molar-refractivity contribution in [3.05, 3.63) is 24.2 Å². The molecule has 0 amide bonds. The molecule has 0 saturated carbocycles. The number of aromatic nitrogens is 4. The zero-order valence-corrected chi connectivity index (χ0v) is 5.47. The van der Waals surface area contributed by atoms with E-state index in [1.54, 1.807) is 18.3 Å². The molecule has 11 heavy (non-hydrogen) atoms. The maximum absolute atomic E-state index is 8.51. The zero-order valence-electron chi connectivity index (χ0n) is 5.47. The molecule has 2 heterocycles. The van der Waals surface area contributed by atoms with Crippen LogP contribution in [0.4, 0.5) is 0 Å². The molecule has 5 heteroatoms. The lowest BCUT2D eigenvalue weighted by Crippen LogP contribution is -1.92. The fourth-order valence-electron chi connectivity index (χ4n) is 0.814. The van der Waals surface area contributed by atoms with Gasteiger partial charge in [0, 0.05) is 6.20 Å². The molecule has 0 aliphatic rings. The monoisotopic (exact) mass is 145 g/mol. The molecule has 0 atom stereocenters. The molecule has 0 aliphatic carbocycles. The van der Waals surface area contributed by atoms with Gasteiger partial charge in [0.15, 0.2) is 5.65 Å². The second kappa shape index (κ2) is 2.02. The summed E-state index contributed by atoms with van der Waals surface area (Å²) in [5, 5.41) is 19.7. The van der Waals surface area contributed by atoms with E-state index in [2.05, 4.69) is 15.3 Å². The van der Waals surface area contributed by atoms with Gasteiger partial charge in [0.1, 0.15) is 6.07 Å². The van der Waals surface area contributed by atoms with Crippen LogP contribution in [0.1, 0.15) is 5.82 Å². The quantitative estimate of drug-likeness (QED) is 0.523. The van der Waals surface area contributed by atoms with Crippen LogP contribution in [0.2, 0.25) is 0 Å². The minimum absolute atomic E-state index is 0.209. The minimum Gasteiger partial charge on any atom is -0.189 e. The average Bonchev–Trinajstić information content (AvgIpc) is 2.47. The Balaban J connectivity index is 2.89. The van der Waals surface area contributed by atoms with Crippen molar-refractivity contribution in [3.63, 3.8) is 0 Å². The van der Waals surface area contributed by atoms with Crippen molar-refractivity contribution in [3.8, 4) is 6.07 Å². The largest absolute Gasteiger partial charge is 0.256 e. The zero-order chi connectivity index (χ0) is 7.68. The summed E-state index contributed by atoms with van der Waals surface area (Å²) in [6.07, 6.45) is 1.58. The Morgan fingerprint density at radius 1 is 1.45 bits per heavy atom. The van der Waals surface area contributed by atoms with E-state index < -0.39 is 0 Å². The van der Waals surface area contributed by atoms with E-state index in [9.17, 15) is 0 Å². The third-order valence-corrected chi connectivity index (χ3v) is 1.28. The van der Waals surface area contributed by atoms with E-state index in [1.165, 1.54) is 4.52 Å². The highest BCUT2D eigenvalue weighted by molar-refractivity contribution is 5.36. The van der Waals surface area contributed by atoms with Crippen LogP contribution in [0, 0.1) is 11.3 Å². The maximum Gasteiger partial charge on any atom is 0.256 e. The van der Waals surface area contributed by atoms with Gasteiger partial charge in [0.2, 0.25) is 0 Å². The van der Waals surface area contributed by atoms with Crippen molar-refractivity contribution in [1.29, 1.82) is 5.26 Å². The van der Waals surface area contributed by atoms with Crippen molar-refractivity contribution in [2.45, 2.75) is 0 Å². The lowest BCUT2D eigenvalue weighted by molar-refractivity contribution is 0.905. The highest BCUT2D eigenvalue weighted by Gasteiger charge is 2.01. The predicted octanol–water partition coefficient (Wildman–Crippen LogP) is -0.00402. The van der Waals surface area contributed by atoms with Crippen molar-refractivity contribution < 1.29 is 0 Å². The number of rotatable bonds is 0. The van der Waals surface area contributed by atoms with E-state index >= 15 is 0 Å². The Labute approximate surface area is 61.9 Å². The Bertz CT molecular complexity index is 424. The van der Waals surface area contributed by atoms with Crippen LogP contribution >= 0.6 is 0 Å². The molecular formula is C6H3N5. The highest BCUT2D eigenvalue weighted by Crippen LogP contribution is 1.97. The third-order valence-electron chi connectivity index (χ3n) is 1.28. The van der Waals surface area contributed by atoms with E-state index in [-0.39, 0.29) is 5.82 Å². The molecule has 2 aromatic rings.